The molecule has 7 heteroatoms. The minimum Gasteiger partial charge on any atom is -0.494 e. The molecule has 27 heavy (non-hydrogen) atoms. The van der Waals surface area contributed by atoms with Gasteiger partial charge in [-0.1, -0.05) is 6.07 Å². The SMILES string of the molecule is COc1ccc(CN2CCc3nc(-c4cccnc4)[nH]c(=O)c3C2)cc1F. The second-order valence-electron chi connectivity index (χ2n) is 6.51. The average molecular weight is 366 g/mol. The summed E-state index contributed by atoms with van der Waals surface area (Å²) in [5.74, 6) is 0.386. The standard InChI is InChI=1S/C20H19FN4O2/c1-27-18-5-4-13(9-16(18)21)11-25-8-6-17-15(12-25)20(26)24-19(23-17)14-3-2-7-22-10-14/h2-5,7,9-10H,6,8,11-12H2,1H3,(H,23,24,26). The van der Waals surface area contributed by atoms with Crippen LogP contribution in [-0.4, -0.2) is 33.5 Å². The Kier molecular flexibility index (Phi) is 4.68. The third-order valence-electron chi connectivity index (χ3n) is 4.71. The van der Waals surface area contributed by atoms with Crippen molar-refractivity contribution in [1.29, 1.82) is 0 Å². The van der Waals surface area contributed by atoms with E-state index in [9.17, 15) is 9.18 Å². The van der Waals surface area contributed by atoms with Crippen molar-refractivity contribution in [1.82, 2.24) is 19.9 Å². The Morgan fingerprint density at radius 3 is 2.96 bits per heavy atom. The highest BCUT2D eigenvalue weighted by atomic mass is 19.1. The first-order chi connectivity index (χ1) is 13.1. The molecule has 0 amide bonds. The second kappa shape index (κ2) is 7.28. The minimum absolute atomic E-state index is 0.135. The Balaban J connectivity index is 1.55. The van der Waals surface area contributed by atoms with Crippen LogP contribution in [-0.2, 0) is 19.5 Å². The number of aromatic nitrogens is 3. The van der Waals surface area contributed by atoms with Gasteiger partial charge in [0, 0.05) is 44.0 Å². The number of hydrogen-bond acceptors (Lipinski definition) is 5. The number of hydrogen-bond donors (Lipinski definition) is 1. The molecule has 138 valence electrons. The number of rotatable bonds is 4. The van der Waals surface area contributed by atoms with Crippen molar-refractivity contribution < 1.29 is 9.13 Å². The number of pyridine rings is 1. The lowest BCUT2D eigenvalue weighted by Crippen LogP contribution is -2.35. The summed E-state index contributed by atoms with van der Waals surface area (Å²) in [4.78, 5) is 26.2. The molecular weight excluding hydrogens is 347 g/mol. The summed E-state index contributed by atoms with van der Waals surface area (Å²) in [6, 6.07) is 8.61. The molecule has 6 nitrogen and oxygen atoms in total. The van der Waals surface area contributed by atoms with Crippen LogP contribution in [0, 0.1) is 5.82 Å². The van der Waals surface area contributed by atoms with Gasteiger partial charge in [-0.15, -0.1) is 0 Å². The van der Waals surface area contributed by atoms with Crippen LogP contribution >= 0.6 is 0 Å². The van der Waals surface area contributed by atoms with Crippen molar-refractivity contribution in [2.45, 2.75) is 19.5 Å². The van der Waals surface area contributed by atoms with E-state index >= 15 is 0 Å². The summed E-state index contributed by atoms with van der Waals surface area (Å²) in [6.07, 6.45) is 4.03. The monoisotopic (exact) mass is 366 g/mol. The van der Waals surface area contributed by atoms with E-state index in [-0.39, 0.29) is 17.1 Å². The molecule has 0 unspecified atom stereocenters. The van der Waals surface area contributed by atoms with Gasteiger partial charge in [0.1, 0.15) is 5.82 Å². The van der Waals surface area contributed by atoms with E-state index in [1.165, 1.54) is 13.2 Å². The lowest BCUT2D eigenvalue weighted by Gasteiger charge is -2.27. The largest absolute Gasteiger partial charge is 0.494 e. The molecule has 0 saturated heterocycles. The first kappa shape index (κ1) is 17.4. The molecule has 0 aliphatic carbocycles. The van der Waals surface area contributed by atoms with Crippen LogP contribution in [0.3, 0.4) is 0 Å². The Hall–Kier alpha value is -3.06. The number of aromatic amines is 1. The third kappa shape index (κ3) is 3.59. The summed E-state index contributed by atoms with van der Waals surface area (Å²) in [6.45, 7) is 1.80. The fourth-order valence-electron chi connectivity index (χ4n) is 3.32. The van der Waals surface area contributed by atoms with Crippen LogP contribution in [0.2, 0.25) is 0 Å². The Labute approximate surface area is 155 Å². The van der Waals surface area contributed by atoms with Gasteiger partial charge in [0.25, 0.3) is 5.56 Å². The molecule has 3 aromatic rings. The van der Waals surface area contributed by atoms with Crippen LogP contribution < -0.4 is 10.3 Å². The highest BCUT2D eigenvalue weighted by molar-refractivity contribution is 5.53. The molecule has 3 heterocycles. The summed E-state index contributed by atoms with van der Waals surface area (Å²) in [7, 11) is 1.44. The first-order valence-electron chi connectivity index (χ1n) is 8.71. The van der Waals surface area contributed by atoms with Gasteiger partial charge in [0.15, 0.2) is 11.6 Å². The summed E-state index contributed by atoms with van der Waals surface area (Å²) in [5.41, 5.74) is 2.98. The number of methoxy groups -OCH3 is 1. The van der Waals surface area contributed by atoms with Crippen molar-refractivity contribution in [3.63, 3.8) is 0 Å². The van der Waals surface area contributed by atoms with Crippen molar-refractivity contribution in [2.24, 2.45) is 0 Å². The zero-order chi connectivity index (χ0) is 18.8. The van der Waals surface area contributed by atoms with Gasteiger partial charge < -0.3 is 9.72 Å². The van der Waals surface area contributed by atoms with Crippen molar-refractivity contribution in [3.8, 4) is 17.1 Å². The van der Waals surface area contributed by atoms with Gasteiger partial charge in [-0.2, -0.15) is 0 Å². The van der Waals surface area contributed by atoms with Gasteiger partial charge >= 0.3 is 0 Å². The molecule has 1 N–H and O–H groups in total. The summed E-state index contributed by atoms with van der Waals surface area (Å²) >= 11 is 0. The smallest absolute Gasteiger partial charge is 0.255 e. The molecule has 2 aromatic heterocycles. The van der Waals surface area contributed by atoms with Crippen LogP contribution in [0.5, 0.6) is 5.75 Å². The number of halogens is 1. The van der Waals surface area contributed by atoms with Crippen LogP contribution in [0.25, 0.3) is 11.4 Å². The van der Waals surface area contributed by atoms with E-state index in [0.717, 1.165) is 23.4 Å². The lowest BCUT2D eigenvalue weighted by atomic mass is 10.1. The Bertz CT molecular complexity index is 1020. The van der Waals surface area contributed by atoms with Gasteiger partial charge in [0.2, 0.25) is 0 Å². The molecule has 4 rings (SSSR count). The van der Waals surface area contributed by atoms with Crippen LogP contribution in [0.15, 0.2) is 47.5 Å². The number of nitrogens with zero attached hydrogens (tertiary/aromatic N) is 3. The topological polar surface area (TPSA) is 71.1 Å². The molecule has 1 aliphatic heterocycles. The highest BCUT2D eigenvalue weighted by Crippen LogP contribution is 2.22. The molecule has 0 fully saturated rings. The van der Waals surface area contributed by atoms with Crippen molar-refractivity contribution in [3.05, 3.63) is 75.7 Å². The summed E-state index contributed by atoms with van der Waals surface area (Å²) in [5, 5.41) is 0. The van der Waals surface area contributed by atoms with Crippen molar-refractivity contribution in [2.75, 3.05) is 13.7 Å². The molecule has 0 saturated carbocycles. The number of fused-ring (bicyclic) bond motifs is 1. The molecule has 0 spiro atoms. The third-order valence-corrected chi connectivity index (χ3v) is 4.71. The molecule has 1 aliphatic rings. The number of nitrogens with one attached hydrogen (secondary N) is 1. The lowest BCUT2D eigenvalue weighted by molar-refractivity contribution is 0.241. The summed E-state index contributed by atoms with van der Waals surface area (Å²) < 4.78 is 18.9. The van der Waals surface area contributed by atoms with Gasteiger partial charge in [-0.05, 0) is 29.8 Å². The highest BCUT2D eigenvalue weighted by Gasteiger charge is 2.22. The maximum absolute atomic E-state index is 13.9. The fraction of sp³-hybridized carbons (Fsp3) is 0.250. The normalized spacial score (nSPS) is 14.0. The molecule has 0 bridgehead atoms. The predicted octanol–water partition coefficient (Wildman–Crippen LogP) is 2.54. The van der Waals surface area contributed by atoms with E-state index < -0.39 is 0 Å². The van der Waals surface area contributed by atoms with E-state index in [4.69, 9.17) is 4.74 Å². The molecular formula is C20H19FN4O2. The van der Waals surface area contributed by atoms with Crippen molar-refractivity contribution >= 4 is 0 Å². The number of benzene rings is 1. The van der Waals surface area contributed by atoms with E-state index in [1.807, 2.05) is 18.2 Å². The number of ether oxygens (including phenoxy) is 1. The van der Waals surface area contributed by atoms with Gasteiger partial charge in [-0.3, -0.25) is 14.7 Å². The maximum atomic E-state index is 13.9. The zero-order valence-corrected chi connectivity index (χ0v) is 14.9. The molecule has 1 aromatic carbocycles. The average Bonchev–Trinajstić information content (AvgIpc) is 2.69. The maximum Gasteiger partial charge on any atom is 0.255 e. The second-order valence-corrected chi connectivity index (χ2v) is 6.51. The van der Waals surface area contributed by atoms with Gasteiger partial charge in [-0.25, -0.2) is 9.37 Å². The van der Waals surface area contributed by atoms with Crippen LogP contribution in [0.4, 0.5) is 4.39 Å². The van der Waals surface area contributed by atoms with E-state index in [1.54, 1.807) is 18.5 Å². The fourth-order valence-corrected chi connectivity index (χ4v) is 3.32. The first-order valence-corrected chi connectivity index (χ1v) is 8.71. The van der Waals surface area contributed by atoms with Crippen LogP contribution in [0.1, 0.15) is 16.8 Å². The minimum atomic E-state index is -0.381. The molecule has 0 atom stereocenters. The predicted molar refractivity (Wildman–Crippen MR) is 98.9 cm³/mol. The molecule has 0 radical (unpaired) electrons. The zero-order valence-electron chi connectivity index (χ0n) is 14.9. The van der Waals surface area contributed by atoms with E-state index in [0.29, 0.717) is 30.9 Å². The number of H-pyrrole nitrogens is 1. The quantitative estimate of drug-likeness (QED) is 0.768. The Morgan fingerprint density at radius 2 is 2.22 bits per heavy atom. The van der Waals surface area contributed by atoms with E-state index in [2.05, 4.69) is 19.9 Å². The van der Waals surface area contributed by atoms with Gasteiger partial charge in [0.05, 0.1) is 18.4 Å². The Morgan fingerprint density at radius 1 is 1.33 bits per heavy atom.